The van der Waals surface area contributed by atoms with Crippen molar-refractivity contribution in [2.45, 2.75) is 32.5 Å². The Balaban J connectivity index is 1.79. The van der Waals surface area contributed by atoms with E-state index in [4.69, 9.17) is 4.42 Å². The summed E-state index contributed by atoms with van der Waals surface area (Å²) in [6.07, 6.45) is 1.98. The minimum Gasteiger partial charge on any atom is -0.408 e. The normalized spacial score (nSPS) is 19.5. The molecule has 1 aromatic carbocycles. The average Bonchev–Trinajstić information content (AvgIpc) is 2.74. The molecule has 22 heavy (non-hydrogen) atoms. The number of fused-ring (bicyclic) bond motifs is 1. The van der Waals surface area contributed by atoms with Crippen LogP contribution in [0.3, 0.4) is 0 Å². The van der Waals surface area contributed by atoms with Crippen LogP contribution in [0.5, 0.6) is 0 Å². The zero-order valence-corrected chi connectivity index (χ0v) is 13.9. The van der Waals surface area contributed by atoms with Crippen LogP contribution in [0.2, 0.25) is 0 Å². The SMILES string of the molecule is CC(=O)N[C@H]1CCCN(Cn2c(=O)oc3cc(Br)ccc32)C1. The van der Waals surface area contributed by atoms with Crippen LogP contribution in [0.1, 0.15) is 19.8 Å². The number of nitrogens with one attached hydrogen (secondary N) is 1. The second-order valence-corrected chi connectivity index (χ2v) is 6.58. The second-order valence-electron chi connectivity index (χ2n) is 5.67. The van der Waals surface area contributed by atoms with Gasteiger partial charge in [-0.1, -0.05) is 15.9 Å². The van der Waals surface area contributed by atoms with Gasteiger partial charge in [-0.25, -0.2) is 4.79 Å². The van der Waals surface area contributed by atoms with Crippen LogP contribution in [0.25, 0.3) is 11.1 Å². The molecule has 7 heteroatoms. The highest BCUT2D eigenvalue weighted by Gasteiger charge is 2.22. The molecule has 2 heterocycles. The van der Waals surface area contributed by atoms with Crippen molar-refractivity contribution >= 4 is 32.9 Å². The fourth-order valence-electron chi connectivity index (χ4n) is 2.96. The molecule has 1 aromatic heterocycles. The van der Waals surface area contributed by atoms with Crippen LogP contribution in [-0.4, -0.2) is 34.5 Å². The molecule has 1 fully saturated rings. The van der Waals surface area contributed by atoms with Crippen LogP contribution in [0.4, 0.5) is 0 Å². The number of nitrogens with zero attached hydrogens (tertiary/aromatic N) is 2. The molecule has 0 radical (unpaired) electrons. The first-order valence-corrected chi connectivity index (χ1v) is 8.10. The van der Waals surface area contributed by atoms with Gasteiger partial charge in [0.25, 0.3) is 0 Å². The zero-order valence-electron chi connectivity index (χ0n) is 12.3. The number of hydrogen-bond acceptors (Lipinski definition) is 4. The van der Waals surface area contributed by atoms with Crippen molar-refractivity contribution in [2.24, 2.45) is 0 Å². The molecule has 118 valence electrons. The van der Waals surface area contributed by atoms with Crippen molar-refractivity contribution in [1.29, 1.82) is 0 Å². The molecule has 0 aliphatic carbocycles. The fourth-order valence-corrected chi connectivity index (χ4v) is 3.30. The predicted molar refractivity (Wildman–Crippen MR) is 86.6 cm³/mol. The summed E-state index contributed by atoms with van der Waals surface area (Å²) >= 11 is 3.37. The van der Waals surface area contributed by atoms with Gasteiger partial charge in [-0.05, 0) is 37.6 Å². The van der Waals surface area contributed by atoms with E-state index >= 15 is 0 Å². The minimum absolute atomic E-state index is 0.0115. The van der Waals surface area contributed by atoms with Crippen molar-refractivity contribution in [2.75, 3.05) is 13.1 Å². The summed E-state index contributed by atoms with van der Waals surface area (Å²) in [4.78, 5) is 25.4. The fraction of sp³-hybridized carbons (Fsp3) is 0.467. The van der Waals surface area contributed by atoms with E-state index in [-0.39, 0.29) is 17.7 Å². The number of benzene rings is 1. The topological polar surface area (TPSA) is 67.5 Å². The molecule has 1 saturated heterocycles. The third-order valence-corrected chi connectivity index (χ3v) is 4.38. The molecule has 0 bridgehead atoms. The van der Waals surface area contributed by atoms with Crippen molar-refractivity contribution in [3.63, 3.8) is 0 Å². The van der Waals surface area contributed by atoms with E-state index in [2.05, 4.69) is 26.1 Å². The molecule has 2 aromatic rings. The summed E-state index contributed by atoms with van der Waals surface area (Å²) in [5.74, 6) is -0.364. The predicted octanol–water partition coefficient (Wildman–Crippen LogP) is 1.91. The summed E-state index contributed by atoms with van der Waals surface area (Å²) in [6, 6.07) is 5.71. The molecule has 1 N–H and O–H groups in total. The van der Waals surface area contributed by atoms with E-state index in [9.17, 15) is 9.59 Å². The van der Waals surface area contributed by atoms with Gasteiger partial charge in [0.05, 0.1) is 12.2 Å². The third kappa shape index (κ3) is 3.25. The molecule has 6 nitrogen and oxygen atoms in total. The molecule has 1 aliphatic rings. The molecule has 1 amide bonds. The largest absolute Gasteiger partial charge is 0.421 e. The number of oxazole rings is 1. The van der Waals surface area contributed by atoms with Crippen LogP contribution in [0.15, 0.2) is 31.9 Å². The molecule has 0 spiro atoms. The first-order chi connectivity index (χ1) is 10.5. The molecule has 1 atom stereocenters. The number of piperidine rings is 1. The smallest absolute Gasteiger partial charge is 0.408 e. The second kappa shape index (κ2) is 6.26. The molecular formula is C15H18BrN3O3. The van der Waals surface area contributed by atoms with Gasteiger partial charge in [0.15, 0.2) is 5.58 Å². The van der Waals surface area contributed by atoms with Gasteiger partial charge in [0, 0.05) is 24.0 Å². The van der Waals surface area contributed by atoms with Gasteiger partial charge in [0.1, 0.15) is 0 Å². The van der Waals surface area contributed by atoms with Gasteiger partial charge in [0.2, 0.25) is 5.91 Å². The Morgan fingerprint density at radius 1 is 1.50 bits per heavy atom. The monoisotopic (exact) mass is 367 g/mol. The number of likely N-dealkylation sites (tertiary alicyclic amines) is 1. The van der Waals surface area contributed by atoms with E-state index in [1.807, 2.05) is 12.1 Å². The van der Waals surface area contributed by atoms with Gasteiger partial charge in [-0.3, -0.25) is 14.3 Å². The summed E-state index contributed by atoms with van der Waals surface area (Å²) in [5, 5.41) is 2.95. The Morgan fingerprint density at radius 2 is 2.32 bits per heavy atom. The molecule has 3 rings (SSSR count). The Morgan fingerprint density at radius 3 is 3.09 bits per heavy atom. The van der Waals surface area contributed by atoms with Crippen molar-refractivity contribution in [3.05, 3.63) is 33.2 Å². The first kappa shape index (κ1) is 15.3. The summed E-state index contributed by atoms with van der Waals surface area (Å²) < 4.78 is 7.81. The van der Waals surface area contributed by atoms with E-state index < -0.39 is 0 Å². The quantitative estimate of drug-likeness (QED) is 0.899. The maximum atomic E-state index is 12.1. The van der Waals surface area contributed by atoms with Crippen LogP contribution in [0, 0.1) is 0 Å². The van der Waals surface area contributed by atoms with E-state index in [0.717, 1.165) is 35.9 Å². The Labute approximate surface area is 136 Å². The van der Waals surface area contributed by atoms with E-state index in [1.165, 1.54) is 6.92 Å². The maximum Gasteiger partial charge on any atom is 0.421 e. The number of carbonyl (C=O) groups is 1. The lowest BCUT2D eigenvalue weighted by atomic mass is 10.1. The van der Waals surface area contributed by atoms with E-state index in [0.29, 0.717) is 12.3 Å². The minimum atomic E-state index is -0.352. The highest BCUT2D eigenvalue weighted by atomic mass is 79.9. The number of amides is 1. The number of hydrogen-bond donors (Lipinski definition) is 1. The van der Waals surface area contributed by atoms with Crippen LogP contribution in [-0.2, 0) is 11.5 Å². The van der Waals surface area contributed by atoms with E-state index in [1.54, 1.807) is 10.6 Å². The molecule has 0 unspecified atom stereocenters. The third-order valence-electron chi connectivity index (χ3n) is 3.88. The number of halogens is 1. The van der Waals surface area contributed by atoms with Gasteiger partial charge in [-0.2, -0.15) is 0 Å². The lowest BCUT2D eigenvalue weighted by molar-refractivity contribution is -0.120. The standard InChI is InChI=1S/C15H18BrN3O3/c1-10(20)17-12-3-2-6-18(8-12)9-19-13-5-4-11(16)7-14(13)22-15(19)21/h4-5,7,12H,2-3,6,8-9H2,1H3,(H,17,20)/t12-/m0/s1. The summed E-state index contributed by atoms with van der Waals surface area (Å²) in [5.41, 5.74) is 1.37. The number of rotatable bonds is 3. The Bertz CT molecular complexity index is 752. The van der Waals surface area contributed by atoms with Gasteiger partial charge in [-0.15, -0.1) is 0 Å². The van der Waals surface area contributed by atoms with Crippen molar-refractivity contribution in [1.82, 2.24) is 14.8 Å². The Hall–Kier alpha value is -1.60. The zero-order chi connectivity index (χ0) is 15.7. The van der Waals surface area contributed by atoms with Crippen LogP contribution >= 0.6 is 15.9 Å². The highest BCUT2D eigenvalue weighted by molar-refractivity contribution is 9.10. The van der Waals surface area contributed by atoms with Crippen LogP contribution < -0.4 is 11.1 Å². The van der Waals surface area contributed by atoms with Gasteiger partial charge >= 0.3 is 5.76 Å². The number of carbonyl (C=O) groups excluding carboxylic acids is 1. The average molecular weight is 368 g/mol. The Kier molecular flexibility index (Phi) is 4.35. The number of aromatic nitrogens is 1. The molecule has 1 aliphatic heterocycles. The summed E-state index contributed by atoms with van der Waals surface area (Å²) in [6.45, 7) is 3.66. The lowest BCUT2D eigenvalue weighted by Crippen LogP contribution is -2.48. The first-order valence-electron chi connectivity index (χ1n) is 7.31. The molecular weight excluding hydrogens is 350 g/mol. The maximum absolute atomic E-state index is 12.1. The van der Waals surface area contributed by atoms with Crippen molar-refractivity contribution in [3.8, 4) is 0 Å². The van der Waals surface area contributed by atoms with Gasteiger partial charge < -0.3 is 9.73 Å². The highest BCUT2D eigenvalue weighted by Crippen LogP contribution is 2.20. The summed E-state index contributed by atoms with van der Waals surface area (Å²) in [7, 11) is 0. The lowest BCUT2D eigenvalue weighted by Gasteiger charge is -2.32. The van der Waals surface area contributed by atoms with Crippen molar-refractivity contribution < 1.29 is 9.21 Å². The molecule has 0 saturated carbocycles.